The SMILES string of the molecule is CC(C)CC(NI)C(=O)n1cc(CC(C(=O)O)N(I)[C@H](CCc2ccccc2)C(=O)O)c2ccccc21. The Morgan fingerprint density at radius 3 is 2.19 bits per heavy atom. The van der Waals surface area contributed by atoms with Gasteiger partial charge in [0.1, 0.15) is 12.1 Å². The van der Waals surface area contributed by atoms with Crippen LogP contribution in [0.25, 0.3) is 10.9 Å². The highest BCUT2D eigenvalue weighted by Crippen LogP contribution is 2.27. The molecule has 1 aromatic heterocycles. The van der Waals surface area contributed by atoms with Gasteiger partial charge in [-0.25, -0.2) is 6.64 Å². The third kappa shape index (κ3) is 7.52. The van der Waals surface area contributed by atoms with Gasteiger partial charge >= 0.3 is 11.9 Å². The number of carboxylic acid groups (broad SMARTS) is 2. The van der Waals surface area contributed by atoms with Crippen LogP contribution in [0.15, 0.2) is 60.8 Å². The average molecular weight is 731 g/mol. The van der Waals surface area contributed by atoms with Crippen LogP contribution in [0.2, 0.25) is 0 Å². The third-order valence-electron chi connectivity index (χ3n) is 6.30. The van der Waals surface area contributed by atoms with E-state index in [1.807, 2.05) is 100 Å². The van der Waals surface area contributed by atoms with Gasteiger partial charge in [-0.15, -0.1) is 0 Å². The second kappa shape index (κ2) is 13.7. The van der Waals surface area contributed by atoms with E-state index >= 15 is 0 Å². The number of aliphatic carboxylic acids is 2. The van der Waals surface area contributed by atoms with Crippen LogP contribution in [0.3, 0.4) is 0 Å². The van der Waals surface area contributed by atoms with Crippen molar-refractivity contribution in [1.82, 2.24) is 11.2 Å². The zero-order valence-electron chi connectivity index (χ0n) is 20.7. The fraction of sp³-hybridized carbons (Fsp3) is 0.370. The van der Waals surface area contributed by atoms with Crippen LogP contribution < -0.4 is 3.53 Å². The molecule has 0 aliphatic rings. The second-order valence-electron chi connectivity index (χ2n) is 9.45. The molecule has 10 heteroatoms. The maximum Gasteiger partial charge on any atom is 0.322 e. The van der Waals surface area contributed by atoms with Crippen molar-refractivity contribution in [3.63, 3.8) is 0 Å². The van der Waals surface area contributed by atoms with Crippen molar-refractivity contribution in [2.24, 2.45) is 5.92 Å². The molecule has 0 radical (unpaired) electrons. The van der Waals surface area contributed by atoms with Crippen molar-refractivity contribution in [2.45, 2.75) is 57.7 Å². The van der Waals surface area contributed by atoms with E-state index in [0.29, 0.717) is 29.8 Å². The zero-order chi connectivity index (χ0) is 27.1. The Morgan fingerprint density at radius 1 is 0.973 bits per heavy atom. The van der Waals surface area contributed by atoms with Crippen LogP contribution in [0, 0.1) is 5.92 Å². The Balaban J connectivity index is 1.90. The number of nitrogens with one attached hydrogen (secondary N) is 1. The van der Waals surface area contributed by atoms with Crippen LogP contribution in [0.1, 0.15) is 42.6 Å². The zero-order valence-corrected chi connectivity index (χ0v) is 25.0. The minimum absolute atomic E-state index is 0.0562. The summed E-state index contributed by atoms with van der Waals surface area (Å²) in [5.41, 5.74) is 2.37. The van der Waals surface area contributed by atoms with Gasteiger partial charge in [0.05, 0.1) is 11.6 Å². The molecule has 3 N–H and O–H groups in total. The molecule has 8 nitrogen and oxygen atoms in total. The van der Waals surface area contributed by atoms with Gasteiger partial charge in [0.2, 0.25) is 5.91 Å². The molecule has 1 heterocycles. The molecule has 0 aliphatic carbocycles. The standard InChI is InChI=1S/C27H31I2N3O5/c1-17(2)14-21(30-28)25(33)31-16-19(20-10-6-7-11-22(20)31)15-24(27(36)37)32(29)23(26(34)35)13-12-18-8-4-3-5-9-18/h3-11,16-17,21,23-24,30H,12-15H2,1-2H3,(H,34,35)(H,36,37)/t21?,23-,24?/m1/s1. The smallest absolute Gasteiger partial charge is 0.322 e. The highest BCUT2D eigenvalue weighted by Gasteiger charge is 2.35. The maximum absolute atomic E-state index is 13.4. The highest BCUT2D eigenvalue weighted by atomic mass is 127. The number of aryl methyl sites for hydroxylation is 1. The molecule has 0 saturated carbocycles. The summed E-state index contributed by atoms with van der Waals surface area (Å²) in [6, 6.07) is 14.4. The molecule has 0 spiro atoms. The van der Waals surface area contributed by atoms with Gasteiger partial charge in [0, 0.05) is 63.7 Å². The first-order valence-corrected chi connectivity index (χ1v) is 14.1. The largest absolute Gasteiger partial charge is 0.480 e. The average Bonchev–Trinajstić information content (AvgIpc) is 3.24. The van der Waals surface area contributed by atoms with Gasteiger partial charge in [0.25, 0.3) is 0 Å². The van der Waals surface area contributed by atoms with E-state index in [4.69, 9.17) is 0 Å². The minimum atomic E-state index is -1.12. The van der Waals surface area contributed by atoms with E-state index < -0.39 is 30.1 Å². The number of para-hydroxylation sites is 1. The number of carbonyl (C=O) groups is 3. The Labute approximate surface area is 244 Å². The molecule has 0 amide bonds. The number of rotatable bonds is 13. The van der Waals surface area contributed by atoms with Crippen molar-refractivity contribution in [3.05, 3.63) is 71.9 Å². The van der Waals surface area contributed by atoms with Gasteiger partial charge in [-0.3, -0.25) is 19.0 Å². The quantitative estimate of drug-likeness (QED) is 0.160. The van der Waals surface area contributed by atoms with E-state index in [1.165, 1.54) is 3.11 Å². The molecule has 0 aliphatic heterocycles. The third-order valence-corrected chi connectivity index (χ3v) is 8.39. The van der Waals surface area contributed by atoms with Gasteiger partial charge in [-0.2, -0.15) is 0 Å². The summed E-state index contributed by atoms with van der Waals surface area (Å²) in [5.74, 6) is -1.99. The van der Waals surface area contributed by atoms with Crippen LogP contribution in [-0.2, 0) is 22.4 Å². The lowest BCUT2D eigenvalue weighted by Gasteiger charge is -2.28. The molecule has 37 heavy (non-hydrogen) atoms. The van der Waals surface area contributed by atoms with Crippen molar-refractivity contribution < 1.29 is 24.6 Å². The molecular formula is C27H31I2N3O5. The normalized spacial score (nSPS) is 14.1. The van der Waals surface area contributed by atoms with Crippen molar-refractivity contribution >= 4 is 74.5 Å². The van der Waals surface area contributed by atoms with Gasteiger partial charge in [0.15, 0.2) is 0 Å². The topological polar surface area (TPSA) is 112 Å². The first kappa shape index (κ1) is 29.5. The Kier molecular flexibility index (Phi) is 10.9. The number of carboxylic acids is 2. The van der Waals surface area contributed by atoms with Crippen LogP contribution in [-0.4, -0.2) is 53.9 Å². The molecule has 2 aromatic carbocycles. The van der Waals surface area contributed by atoms with E-state index in [-0.39, 0.29) is 18.7 Å². The van der Waals surface area contributed by atoms with Crippen molar-refractivity contribution in [3.8, 4) is 0 Å². The second-order valence-corrected chi connectivity index (χ2v) is 11.2. The monoisotopic (exact) mass is 731 g/mol. The van der Waals surface area contributed by atoms with Crippen molar-refractivity contribution in [1.29, 1.82) is 0 Å². The molecule has 0 fully saturated rings. The van der Waals surface area contributed by atoms with Crippen LogP contribution in [0.4, 0.5) is 0 Å². The highest BCUT2D eigenvalue weighted by molar-refractivity contribution is 14.1. The van der Waals surface area contributed by atoms with Gasteiger partial charge < -0.3 is 10.2 Å². The number of benzene rings is 2. The Morgan fingerprint density at radius 2 is 1.59 bits per heavy atom. The number of halogens is 2. The summed E-state index contributed by atoms with van der Waals surface area (Å²) < 4.78 is 6.05. The number of hydrogen-bond donors (Lipinski definition) is 3. The van der Waals surface area contributed by atoms with Crippen LogP contribution >= 0.6 is 45.7 Å². The number of hydrogen-bond acceptors (Lipinski definition) is 5. The van der Waals surface area contributed by atoms with Gasteiger partial charge in [-0.05, 0) is 42.4 Å². The lowest BCUT2D eigenvalue weighted by atomic mass is 10.0. The minimum Gasteiger partial charge on any atom is -0.480 e. The van der Waals surface area contributed by atoms with Gasteiger partial charge in [-0.1, -0.05) is 62.4 Å². The number of nitrogens with zero attached hydrogens (tertiary/aromatic N) is 2. The fourth-order valence-electron chi connectivity index (χ4n) is 4.43. The molecular weight excluding hydrogens is 700 g/mol. The number of fused-ring (bicyclic) bond motifs is 1. The summed E-state index contributed by atoms with van der Waals surface area (Å²) in [6.45, 7) is 4.10. The van der Waals surface area contributed by atoms with E-state index in [0.717, 1.165) is 10.9 Å². The molecule has 3 atom stereocenters. The van der Waals surface area contributed by atoms with E-state index in [9.17, 15) is 24.6 Å². The summed E-state index contributed by atoms with van der Waals surface area (Å²) >= 11 is 3.82. The van der Waals surface area contributed by atoms with E-state index in [1.54, 1.807) is 10.8 Å². The molecule has 0 bridgehead atoms. The summed E-state index contributed by atoms with van der Waals surface area (Å²) in [7, 11) is 0. The fourth-order valence-corrected chi connectivity index (χ4v) is 5.91. The predicted octanol–water partition coefficient (Wildman–Crippen LogP) is 5.37. The lowest BCUT2D eigenvalue weighted by molar-refractivity contribution is -0.145. The number of carbonyl (C=O) groups excluding carboxylic acids is 1. The summed E-state index contributed by atoms with van der Waals surface area (Å²) in [6.07, 6.45) is 3.20. The Bertz CT molecular complexity index is 1230. The van der Waals surface area contributed by atoms with E-state index in [2.05, 4.69) is 17.4 Å². The molecule has 3 rings (SSSR count). The maximum atomic E-state index is 13.4. The molecule has 3 aromatic rings. The molecule has 198 valence electrons. The van der Waals surface area contributed by atoms with Crippen molar-refractivity contribution in [2.75, 3.05) is 0 Å². The molecule has 2 unspecified atom stereocenters. The first-order chi connectivity index (χ1) is 17.6. The Hall–Kier alpha value is -2.03. The summed E-state index contributed by atoms with van der Waals surface area (Å²) in [4.78, 5) is 37.9. The predicted molar refractivity (Wildman–Crippen MR) is 160 cm³/mol. The summed E-state index contributed by atoms with van der Waals surface area (Å²) in [5, 5.41) is 20.8. The van der Waals surface area contributed by atoms with Crippen LogP contribution in [0.5, 0.6) is 0 Å². The first-order valence-electron chi connectivity index (χ1n) is 12.1. The lowest BCUT2D eigenvalue weighted by Crippen LogP contribution is -2.46. The number of aromatic nitrogens is 1. The molecule has 0 saturated heterocycles.